The fourth-order valence-electron chi connectivity index (χ4n) is 0. The molecule has 0 atom stereocenters. The van der Waals surface area contributed by atoms with Crippen LogP contribution in [0, 0.1) is 0 Å². The van der Waals surface area contributed by atoms with Gasteiger partial charge in [-0.3, -0.25) is 0 Å². The maximum absolute atomic E-state index is 9.60. The van der Waals surface area contributed by atoms with Gasteiger partial charge < -0.3 is 12.7 Å². The van der Waals surface area contributed by atoms with Crippen LogP contribution in [-0.2, 0) is 4.79 Å². The van der Waals surface area contributed by atoms with Crippen LogP contribution < -0.4 is 35.7 Å². The minimum absolute atomic E-state index is 0. The summed E-state index contributed by atoms with van der Waals surface area (Å²) in [6.45, 7) is 4.60. The molecule has 0 aromatic carbocycles. The molecule has 4 heteroatoms. The van der Waals surface area contributed by atoms with Gasteiger partial charge in [0.05, 0.1) is 0 Å². The van der Waals surface area contributed by atoms with Gasteiger partial charge in [0.25, 0.3) is 0 Å². The van der Waals surface area contributed by atoms with E-state index in [-0.39, 0.29) is 42.7 Å². The first-order valence-corrected chi connectivity index (χ1v) is 1.53. The van der Waals surface area contributed by atoms with E-state index >= 15 is 0 Å². The van der Waals surface area contributed by atoms with Crippen LogP contribution in [0.3, 0.4) is 0 Å². The Hall–Kier alpha value is 0.170. The van der Waals surface area contributed by atoms with Crippen LogP contribution in [0.5, 0.6) is 0 Å². The van der Waals surface area contributed by atoms with E-state index in [2.05, 4.69) is 6.58 Å². The second-order valence-electron chi connectivity index (χ2n) is 1.09. The maximum atomic E-state index is 9.60. The molecule has 0 radical (unpaired) electrons. The average molecular weight is 127 g/mol. The molecule has 0 aromatic heterocycles. The predicted octanol–water partition coefficient (Wildman–Crippen LogP) is -2.07. The van der Waals surface area contributed by atoms with Crippen LogP contribution in [0.2, 0.25) is 0 Å². The first-order chi connectivity index (χ1) is 2.64. The van der Waals surface area contributed by atoms with E-state index in [9.17, 15) is 4.79 Å². The van der Waals surface area contributed by atoms with Crippen molar-refractivity contribution in [1.29, 1.82) is 0 Å². The van der Waals surface area contributed by atoms with E-state index in [1.165, 1.54) is 6.92 Å². The SMILES string of the molecule is C=C(C)C(=O)O.N.[H-].[Na+]. The van der Waals surface area contributed by atoms with E-state index in [0.29, 0.717) is 0 Å². The zero-order chi connectivity index (χ0) is 5.15. The Kier molecular flexibility index (Phi) is 14.1. The number of carboxylic acids is 1. The van der Waals surface area contributed by atoms with Gasteiger partial charge in [-0.2, -0.15) is 0 Å². The summed E-state index contributed by atoms with van der Waals surface area (Å²) >= 11 is 0. The molecule has 0 heterocycles. The van der Waals surface area contributed by atoms with Gasteiger partial charge in [-0.25, -0.2) is 4.79 Å². The second kappa shape index (κ2) is 7.17. The Balaban J connectivity index is -0.0000000417. The number of aliphatic carboxylic acids is 1. The summed E-state index contributed by atoms with van der Waals surface area (Å²) in [7, 11) is 0. The fraction of sp³-hybridized carbons (Fsp3) is 0.250. The summed E-state index contributed by atoms with van der Waals surface area (Å²) in [5.74, 6) is -0.935. The molecular weight excluding hydrogens is 117 g/mol. The number of hydrogen-bond acceptors (Lipinski definition) is 2. The van der Waals surface area contributed by atoms with Crippen molar-refractivity contribution < 1.29 is 40.9 Å². The first kappa shape index (κ1) is 15.7. The summed E-state index contributed by atoms with van der Waals surface area (Å²) in [5.41, 5.74) is 0.176. The molecule has 0 saturated carbocycles. The van der Waals surface area contributed by atoms with Crippen LogP contribution in [0.4, 0.5) is 0 Å². The summed E-state index contributed by atoms with van der Waals surface area (Å²) in [5, 5.41) is 7.89. The Labute approximate surface area is 72.1 Å². The van der Waals surface area contributed by atoms with Crippen molar-refractivity contribution in [2.24, 2.45) is 0 Å². The molecule has 0 amide bonds. The number of rotatable bonds is 1. The molecule has 4 N–H and O–H groups in total. The average Bonchev–Trinajstić information content (AvgIpc) is 1.36. The Bertz CT molecular complexity index is 84.6. The quantitative estimate of drug-likeness (QED) is 0.314. The van der Waals surface area contributed by atoms with Crippen LogP contribution in [0.15, 0.2) is 12.2 Å². The van der Waals surface area contributed by atoms with Crippen LogP contribution in [-0.4, -0.2) is 11.1 Å². The molecule has 3 nitrogen and oxygen atoms in total. The van der Waals surface area contributed by atoms with Gasteiger partial charge in [0.2, 0.25) is 0 Å². The van der Waals surface area contributed by atoms with Gasteiger partial charge in [0.15, 0.2) is 0 Å². The number of carboxylic acid groups (broad SMARTS) is 1. The van der Waals surface area contributed by atoms with E-state index < -0.39 is 5.97 Å². The standard InChI is InChI=1S/C4H6O2.H3N.Na.H/c1-3(2)4(5)6;;;/h1H2,2H3,(H,5,6);1H3;;/q;;+1;-1. The smallest absolute Gasteiger partial charge is 1.00 e. The van der Waals surface area contributed by atoms with Gasteiger partial charge in [0, 0.05) is 5.57 Å². The summed E-state index contributed by atoms with van der Waals surface area (Å²) < 4.78 is 0. The molecule has 44 valence electrons. The fourth-order valence-corrected chi connectivity index (χ4v) is 0. The zero-order valence-electron chi connectivity index (χ0n) is 6.27. The summed E-state index contributed by atoms with van der Waals surface area (Å²) in [6.07, 6.45) is 0. The van der Waals surface area contributed by atoms with Crippen molar-refractivity contribution >= 4 is 5.97 Å². The Morgan fingerprint density at radius 1 is 1.75 bits per heavy atom. The van der Waals surface area contributed by atoms with Crippen molar-refractivity contribution in [1.82, 2.24) is 6.15 Å². The molecule has 0 fully saturated rings. The molecule has 0 aliphatic rings. The molecule has 0 rings (SSSR count). The first-order valence-electron chi connectivity index (χ1n) is 1.53. The zero-order valence-corrected chi connectivity index (χ0v) is 7.27. The number of hydrogen-bond donors (Lipinski definition) is 2. The summed E-state index contributed by atoms with van der Waals surface area (Å²) in [6, 6.07) is 0. The third-order valence-corrected chi connectivity index (χ3v) is 0.365. The predicted molar refractivity (Wildman–Crippen MR) is 28.6 cm³/mol. The third-order valence-electron chi connectivity index (χ3n) is 0.365. The molecule has 0 aromatic rings. The van der Waals surface area contributed by atoms with Crippen molar-refractivity contribution in [2.75, 3.05) is 0 Å². The molecule has 0 bridgehead atoms. The van der Waals surface area contributed by atoms with Crippen LogP contribution in [0.25, 0.3) is 0 Å². The van der Waals surface area contributed by atoms with E-state index in [0.717, 1.165) is 0 Å². The van der Waals surface area contributed by atoms with Crippen molar-refractivity contribution in [3.8, 4) is 0 Å². The normalized spacial score (nSPS) is 5.62. The van der Waals surface area contributed by atoms with E-state index in [1.54, 1.807) is 0 Å². The molecule has 0 aliphatic heterocycles. The molecule has 0 spiro atoms. The monoisotopic (exact) mass is 127 g/mol. The summed E-state index contributed by atoms with van der Waals surface area (Å²) in [4.78, 5) is 9.60. The van der Waals surface area contributed by atoms with Crippen LogP contribution >= 0.6 is 0 Å². The van der Waals surface area contributed by atoms with E-state index in [4.69, 9.17) is 5.11 Å². The minimum Gasteiger partial charge on any atom is -1.00 e. The molecule has 0 saturated heterocycles. The van der Waals surface area contributed by atoms with Crippen LogP contribution in [0.1, 0.15) is 8.35 Å². The molecular formula is C4H10NNaO2. The van der Waals surface area contributed by atoms with Crippen molar-refractivity contribution in [2.45, 2.75) is 6.92 Å². The largest absolute Gasteiger partial charge is 1.00 e. The Morgan fingerprint density at radius 3 is 1.88 bits per heavy atom. The Morgan fingerprint density at radius 2 is 1.88 bits per heavy atom. The van der Waals surface area contributed by atoms with Gasteiger partial charge in [0.1, 0.15) is 0 Å². The van der Waals surface area contributed by atoms with Gasteiger partial charge in [-0.15, -0.1) is 0 Å². The molecule has 0 aliphatic carbocycles. The van der Waals surface area contributed by atoms with Gasteiger partial charge in [-0.05, 0) is 6.92 Å². The minimum atomic E-state index is -0.935. The maximum Gasteiger partial charge on any atom is 1.00 e. The molecule has 8 heavy (non-hydrogen) atoms. The third kappa shape index (κ3) is 9.48. The van der Waals surface area contributed by atoms with Gasteiger partial charge >= 0.3 is 35.5 Å². The topological polar surface area (TPSA) is 72.3 Å². The van der Waals surface area contributed by atoms with Crippen molar-refractivity contribution in [3.63, 3.8) is 0 Å². The van der Waals surface area contributed by atoms with Gasteiger partial charge in [-0.1, -0.05) is 6.58 Å². The van der Waals surface area contributed by atoms with E-state index in [1.807, 2.05) is 0 Å². The van der Waals surface area contributed by atoms with Crippen molar-refractivity contribution in [3.05, 3.63) is 12.2 Å². The molecule has 0 unspecified atom stereocenters. The number of carbonyl (C=O) groups is 1. The second-order valence-corrected chi connectivity index (χ2v) is 1.09.